The van der Waals surface area contributed by atoms with Gasteiger partial charge in [0.05, 0.1) is 5.02 Å². The lowest BCUT2D eigenvalue weighted by molar-refractivity contribution is -0.118. The van der Waals surface area contributed by atoms with Gasteiger partial charge in [0.2, 0.25) is 0 Å². The molecule has 1 N–H and O–H groups in total. The molecule has 1 aromatic rings. The van der Waals surface area contributed by atoms with Crippen LogP contribution in [-0.4, -0.2) is 45.1 Å². The van der Waals surface area contributed by atoms with Crippen molar-refractivity contribution in [3.63, 3.8) is 0 Å². The zero-order valence-electron chi connectivity index (χ0n) is 12.7. The third-order valence-corrected chi connectivity index (χ3v) is 4.06. The SMILES string of the molecule is CO[B]N1CCCC(=Cc2cc(Cl)c3c(c2F)NC(=O)CO3)C1. The van der Waals surface area contributed by atoms with Crippen LogP contribution in [0.15, 0.2) is 11.6 Å². The van der Waals surface area contributed by atoms with Crippen molar-refractivity contribution in [3.8, 4) is 5.75 Å². The van der Waals surface area contributed by atoms with E-state index in [1.807, 2.05) is 4.81 Å². The summed E-state index contributed by atoms with van der Waals surface area (Å²) in [5.41, 5.74) is 1.42. The third-order valence-electron chi connectivity index (χ3n) is 3.77. The van der Waals surface area contributed by atoms with Crippen molar-refractivity contribution >= 4 is 36.9 Å². The Kier molecular flexibility index (Phi) is 4.89. The van der Waals surface area contributed by atoms with Gasteiger partial charge in [-0.05, 0) is 25.5 Å². The molecule has 8 heteroatoms. The number of nitrogens with one attached hydrogen (secondary N) is 1. The number of piperidine rings is 1. The topological polar surface area (TPSA) is 50.8 Å². The molecule has 1 saturated heterocycles. The van der Waals surface area contributed by atoms with E-state index in [0.29, 0.717) is 12.1 Å². The van der Waals surface area contributed by atoms with E-state index < -0.39 is 11.7 Å². The Morgan fingerprint density at radius 1 is 1.57 bits per heavy atom. The largest absolute Gasteiger partial charge is 0.480 e. The van der Waals surface area contributed by atoms with Crippen molar-refractivity contribution in [2.24, 2.45) is 0 Å². The van der Waals surface area contributed by atoms with Crippen LogP contribution in [-0.2, 0) is 9.45 Å². The van der Waals surface area contributed by atoms with Crippen molar-refractivity contribution in [2.45, 2.75) is 12.8 Å². The molecule has 0 spiro atoms. The molecule has 1 fully saturated rings. The lowest BCUT2D eigenvalue weighted by Crippen LogP contribution is -2.35. The van der Waals surface area contributed by atoms with Gasteiger partial charge in [0.25, 0.3) is 5.91 Å². The van der Waals surface area contributed by atoms with Crippen LogP contribution in [0.1, 0.15) is 18.4 Å². The minimum absolute atomic E-state index is 0.0109. The van der Waals surface area contributed by atoms with E-state index in [9.17, 15) is 9.18 Å². The molecule has 121 valence electrons. The predicted octanol–water partition coefficient (Wildman–Crippen LogP) is 2.47. The number of halogens is 2. The molecule has 2 aliphatic rings. The molecule has 0 unspecified atom stereocenters. The zero-order valence-corrected chi connectivity index (χ0v) is 13.5. The molecule has 0 atom stereocenters. The van der Waals surface area contributed by atoms with Gasteiger partial charge in [0.15, 0.2) is 18.2 Å². The minimum Gasteiger partial charge on any atom is -0.480 e. The quantitative estimate of drug-likeness (QED) is 0.861. The second-order valence-electron chi connectivity index (χ2n) is 5.52. The summed E-state index contributed by atoms with van der Waals surface area (Å²) in [4.78, 5) is 13.4. The Morgan fingerprint density at radius 3 is 3.17 bits per heavy atom. The average Bonchev–Trinajstić information content (AvgIpc) is 2.53. The number of benzene rings is 1. The van der Waals surface area contributed by atoms with Crippen LogP contribution in [0.5, 0.6) is 5.75 Å². The van der Waals surface area contributed by atoms with Gasteiger partial charge in [-0.25, -0.2) is 4.39 Å². The van der Waals surface area contributed by atoms with Crippen LogP contribution in [0.25, 0.3) is 6.08 Å². The second-order valence-corrected chi connectivity index (χ2v) is 5.93. The summed E-state index contributed by atoms with van der Waals surface area (Å²) in [6.45, 7) is 1.42. The Morgan fingerprint density at radius 2 is 2.39 bits per heavy atom. The molecule has 5 nitrogen and oxygen atoms in total. The van der Waals surface area contributed by atoms with Gasteiger partial charge in [0, 0.05) is 19.2 Å². The fourth-order valence-corrected chi connectivity index (χ4v) is 3.07. The number of fused-ring (bicyclic) bond motifs is 1. The van der Waals surface area contributed by atoms with Gasteiger partial charge in [-0.2, -0.15) is 0 Å². The molecule has 1 aromatic carbocycles. The zero-order chi connectivity index (χ0) is 16.4. The van der Waals surface area contributed by atoms with E-state index in [0.717, 1.165) is 25.0 Å². The van der Waals surface area contributed by atoms with Crippen molar-refractivity contribution in [1.29, 1.82) is 0 Å². The molecule has 0 aliphatic carbocycles. The summed E-state index contributed by atoms with van der Waals surface area (Å²) in [5.74, 6) is -0.738. The fraction of sp³-hybridized carbons (Fsp3) is 0.400. The highest BCUT2D eigenvalue weighted by Gasteiger charge is 2.25. The number of amides is 1. The van der Waals surface area contributed by atoms with E-state index in [4.69, 9.17) is 21.0 Å². The highest BCUT2D eigenvalue weighted by molar-refractivity contribution is 6.33. The molecule has 0 aromatic heterocycles. The Labute approximate surface area is 139 Å². The number of rotatable bonds is 3. The number of hydrogen-bond acceptors (Lipinski definition) is 4. The molecule has 3 rings (SSSR count). The first-order valence-corrected chi connectivity index (χ1v) is 7.70. The highest BCUT2D eigenvalue weighted by Crippen LogP contribution is 2.40. The first-order valence-electron chi connectivity index (χ1n) is 7.32. The average molecular weight is 338 g/mol. The maximum absolute atomic E-state index is 14.7. The molecule has 1 radical (unpaired) electrons. The number of carbonyl (C=O) groups excluding carboxylic acids is 1. The van der Waals surface area contributed by atoms with Crippen LogP contribution < -0.4 is 10.1 Å². The highest BCUT2D eigenvalue weighted by atomic mass is 35.5. The van der Waals surface area contributed by atoms with Crippen LogP contribution in [0.2, 0.25) is 5.02 Å². The first kappa shape index (κ1) is 16.3. The summed E-state index contributed by atoms with van der Waals surface area (Å²) in [5, 5.41) is 2.77. The first-order chi connectivity index (χ1) is 11.1. The van der Waals surface area contributed by atoms with Gasteiger partial charge in [-0.1, -0.05) is 23.3 Å². The summed E-state index contributed by atoms with van der Waals surface area (Å²) in [7, 11) is 3.26. The number of carbonyl (C=O) groups is 1. The van der Waals surface area contributed by atoms with Crippen LogP contribution in [0, 0.1) is 5.82 Å². The maximum atomic E-state index is 14.7. The summed E-state index contributed by atoms with van der Waals surface area (Å²) < 4.78 is 24.9. The summed E-state index contributed by atoms with van der Waals surface area (Å²) in [6, 6.07) is 1.53. The van der Waals surface area contributed by atoms with E-state index in [1.165, 1.54) is 6.07 Å². The van der Waals surface area contributed by atoms with E-state index in [-0.39, 0.29) is 23.1 Å². The van der Waals surface area contributed by atoms with Gasteiger partial charge < -0.3 is 19.5 Å². The van der Waals surface area contributed by atoms with E-state index in [2.05, 4.69) is 5.32 Å². The normalized spacial score (nSPS) is 20.0. The van der Waals surface area contributed by atoms with Crippen molar-refractivity contribution in [3.05, 3.63) is 28.0 Å². The van der Waals surface area contributed by atoms with Crippen molar-refractivity contribution < 1.29 is 18.6 Å². The van der Waals surface area contributed by atoms with E-state index >= 15 is 0 Å². The maximum Gasteiger partial charge on any atom is 0.398 e. The monoisotopic (exact) mass is 337 g/mol. The number of nitrogens with zero attached hydrogens (tertiary/aromatic N) is 1. The van der Waals surface area contributed by atoms with Crippen molar-refractivity contribution in [2.75, 3.05) is 32.1 Å². The number of hydrogen-bond donors (Lipinski definition) is 1. The molecule has 23 heavy (non-hydrogen) atoms. The molecule has 0 saturated carbocycles. The molecular formula is C15H16BClFN2O3. The van der Waals surface area contributed by atoms with Crippen molar-refractivity contribution in [1.82, 2.24) is 4.81 Å². The lowest BCUT2D eigenvalue weighted by atomic mass is 9.97. The Bertz CT molecular complexity index is 667. The molecule has 1 amide bonds. The molecule has 0 bridgehead atoms. The molecular weight excluding hydrogens is 321 g/mol. The molecule has 2 heterocycles. The van der Waals surface area contributed by atoms with Crippen LogP contribution >= 0.6 is 11.6 Å². The summed E-state index contributed by atoms with van der Waals surface area (Å²) >= 11 is 6.15. The second kappa shape index (κ2) is 6.90. The molecule has 2 aliphatic heterocycles. The van der Waals surface area contributed by atoms with Crippen LogP contribution in [0.4, 0.5) is 10.1 Å². The standard InChI is InChI=1S/C15H16BClFN2O3/c1-22-16-20-4-2-3-9(7-20)5-10-6-11(17)15-14(13(10)18)19-12(21)8-23-15/h5-6H,2-4,7-8H2,1H3,(H,19,21). The van der Waals surface area contributed by atoms with Gasteiger partial charge >= 0.3 is 7.62 Å². The Hall–Kier alpha value is -1.57. The van der Waals surface area contributed by atoms with Gasteiger partial charge in [-0.3, -0.25) is 4.79 Å². The number of anilines is 1. The fourth-order valence-electron chi connectivity index (χ4n) is 2.80. The van der Waals surface area contributed by atoms with Gasteiger partial charge in [-0.15, -0.1) is 0 Å². The Balaban J connectivity index is 1.91. The predicted molar refractivity (Wildman–Crippen MR) is 87.1 cm³/mol. The van der Waals surface area contributed by atoms with Crippen LogP contribution in [0.3, 0.4) is 0 Å². The lowest BCUT2D eigenvalue weighted by Gasteiger charge is -2.27. The number of ether oxygens (including phenoxy) is 1. The van der Waals surface area contributed by atoms with Gasteiger partial charge in [0.1, 0.15) is 5.69 Å². The smallest absolute Gasteiger partial charge is 0.398 e. The van der Waals surface area contributed by atoms with E-state index in [1.54, 1.807) is 20.8 Å². The third kappa shape index (κ3) is 3.52. The summed E-state index contributed by atoms with van der Waals surface area (Å²) in [6.07, 6.45) is 3.62. The minimum atomic E-state index is -0.530.